The molecule has 1 aromatic rings. The minimum atomic E-state index is -0.0914. The van der Waals surface area contributed by atoms with Crippen LogP contribution < -0.4 is 10.1 Å². The van der Waals surface area contributed by atoms with Gasteiger partial charge in [0.25, 0.3) is 0 Å². The van der Waals surface area contributed by atoms with Crippen LogP contribution >= 0.6 is 0 Å². The number of hydrogen-bond donors (Lipinski definition) is 2. The highest BCUT2D eigenvalue weighted by molar-refractivity contribution is 5.37. The van der Waals surface area contributed by atoms with Gasteiger partial charge in [-0.2, -0.15) is 0 Å². The molecular formula is C17H25NO2. The molecule has 1 aromatic carbocycles. The Labute approximate surface area is 121 Å². The SMILES string of the molecule is COc1ccccc1C1CC(NC2CCCC(O)C2)C1. The Balaban J connectivity index is 1.51. The van der Waals surface area contributed by atoms with Gasteiger partial charge >= 0.3 is 0 Å². The van der Waals surface area contributed by atoms with Crippen molar-refractivity contribution < 1.29 is 9.84 Å². The number of methoxy groups -OCH3 is 1. The van der Waals surface area contributed by atoms with Gasteiger partial charge in [-0.15, -0.1) is 0 Å². The molecule has 2 aliphatic carbocycles. The predicted molar refractivity (Wildman–Crippen MR) is 80.2 cm³/mol. The second-order valence-electron chi connectivity index (χ2n) is 6.29. The molecule has 2 fully saturated rings. The fourth-order valence-corrected chi connectivity index (χ4v) is 3.66. The van der Waals surface area contributed by atoms with E-state index in [0.717, 1.165) is 25.0 Å². The largest absolute Gasteiger partial charge is 0.496 e. The van der Waals surface area contributed by atoms with Crippen LogP contribution in [-0.4, -0.2) is 30.4 Å². The normalized spacial score (nSPS) is 33.5. The molecular weight excluding hydrogens is 250 g/mol. The number of ether oxygens (including phenoxy) is 1. The number of aliphatic hydroxyl groups excluding tert-OH is 1. The van der Waals surface area contributed by atoms with E-state index in [1.807, 2.05) is 12.1 Å². The molecule has 2 saturated carbocycles. The third-order valence-electron chi connectivity index (χ3n) is 4.83. The lowest BCUT2D eigenvalue weighted by Gasteiger charge is -2.40. The van der Waals surface area contributed by atoms with E-state index in [2.05, 4.69) is 17.4 Å². The number of benzene rings is 1. The summed E-state index contributed by atoms with van der Waals surface area (Å²) in [7, 11) is 1.75. The Hall–Kier alpha value is -1.06. The Morgan fingerprint density at radius 3 is 2.65 bits per heavy atom. The van der Waals surface area contributed by atoms with E-state index < -0.39 is 0 Å². The molecule has 2 N–H and O–H groups in total. The maximum absolute atomic E-state index is 9.72. The molecule has 0 saturated heterocycles. The molecule has 0 spiro atoms. The highest BCUT2D eigenvalue weighted by Crippen LogP contribution is 2.41. The van der Waals surface area contributed by atoms with Crippen molar-refractivity contribution in [2.75, 3.05) is 7.11 Å². The first-order valence-corrected chi connectivity index (χ1v) is 7.83. The summed E-state index contributed by atoms with van der Waals surface area (Å²) >= 11 is 0. The van der Waals surface area contributed by atoms with E-state index in [1.165, 1.54) is 24.8 Å². The smallest absolute Gasteiger partial charge is 0.122 e. The van der Waals surface area contributed by atoms with Crippen molar-refractivity contribution in [3.8, 4) is 5.75 Å². The van der Waals surface area contributed by atoms with Gasteiger partial charge in [-0.1, -0.05) is 18.2 Å². The summed E-state index contributed by atoms with van der Waals surface area (Å²) in [6.45, 7) is 0. The third kappa shape index (κ3) is 2.99. The molecule has 0 radical (unpaired) electrons. The number of hydrogen-bond acceptors (Lipinski definition) is 3. The zero-order valence-electron chi connectivity index (χ0n) is 12.2. The first-order chi connectivity index (χ1) is 9.76. The van der Waals surface area contributed by atoms with E-state index in [-0.39, 0.29) is 6.10 Å². The maximum Gasteiger partial charge on any atom is 0.122 e. The minimum Gasteiger partial charge on any atom is -0.496 e. The molecule has 2 atom stereocenters. The quantitative estimate of drug-likeness (QED) is 0.888. The van der Waals surface area contributed by atoms with Crippen LogP contribution in [0, 0.1) is 0 Å². The van der Waals surface area contributed by atoms with Crippen LogP contribution in [-0.2, 0) is 0 Å². The number of rotatable bonds is 4. The van der Waals surface area contributed by atoms with Crippen molar-refractivity contribution in [2.45, 2.75) is 62.6 Å². The number of para-hydroxylation sites is 1. The first kappa shape index (κ1) is 13.9. The third-order valence-corrected chi connectivity index (χ3v) is 4.83. The van der Waals surface area contributed by atoms with E-state index in [0.29, 0.717) is 18.0 Å². The summed E-state index contributed by atoms with van der Waals surface area (Å²) in [5.74, 6) is 1.64. The molecule has 0 amide bonds. The average Bonchev–Trinajstić information content (AvgIpc) is 2.42. The summed E-state index contributed by atoms with van der Waals surface area (Å²) in [6.07, 6.45) is 6.56. The van der Waals surface area contributed by atoms with Gasteiger partial charge in [-0.05, 0) is 56.1 Å². The Morgan fingerprint density at radius 2 is 1.90 bits per heavy atom. The van der Waals surface area contributed by atoms with E-state index in [4.69, 9.17) is 4.74 Å². The molecule has 110 valence electrons. The van der Waals surface area contributed by atoms with E-state index in [1.54, 1.807) is 7.11 Å². The van der Waals surface area contributed by atoms with Gasteiger partial charge in [-0.3, -0.25) is 0 Å². The molecule has 0 heterocycles. The van der Waals surface area contributed by atoms with Gasteiger partial charge in [0.05, 0.1) is 13.2 Å². The van der Waals surface area contributed by atoms with Gasteiger partial charge in [0.15, 0.2) is 0 Å². The standard InChI is InChI=1S/C17H25NO2/c1-20-17-8-3-2-7-16(17)12-9-14(10-12)18-13-5-4-6-15(19)11-13/h2-3,7-8,12-15,18-19H,4-6,9-11H2,1H3. The molecule has 20 heavy (non-hydrogen) atoms. The van der Waals surface area contributed by atoms with Crippen LogP contribution in [0.5, 0.6) is 5.75 Å². The molecule has 3 nitrogen and oxygen atoms in total. The molecule has 0 aromatic heterocycles. The second kappa shape index (κ2) is 6.15. The zero-order chi connectivity index (χ0) is 13.9. The van der Waals surface area contributed by atoms with Gasteiger partial charge in [-0.25, -0.2) is 0 Å². The van der Waals surface area contributed by atoms with Crippen molar-refractivity contribution in [1.82, 2.24) is 5.32 Å². The average molecular weight is 275 g/mol. The molecule has 2 unspecified atom stereocenters. The fourth-order valence-electron chi connectivity index (χ4n) is 3.66. The van der Waals surface area contributed by atoms with Crippen LogP contribution in [0.25, 0.3) is 0 Å². The second-order valence-corrected chi connectivity index (χ2v) is 6.29. The molecule has 3 rings (SSSR count). The predicted octanol–water partition coefficient (Wildman–Crippen LogP) is 2.83. The summed E-state index contributed by atoms with van der Waals surface area (Å²) in [4.78, 5) is 0. The molecule has 0 aliphatic heterocycles. The minimum absolute atomic E-state index is 0.0914. The van der Waals surface area contributed by atoms with Crippen LogP contribution in [0.4, 0.5) is 0 Å². The zero-order valence-corrected chi connectivity index (χ0v) is 12.2. The molecule has 0 bridgehead atoms. The number of nitrogens with one attached hydrogen (secondary N) is 1. The van der Waals surface area contributed by atoms with Gasteiger partial charge in [0.2, 0.25) is 0 Å². The van der Waals surface area contributed by atoms with Crippen LogP contribution in [0.3, 0.4) is 0 Å². The van der Waals surface area contributed by atoms with Gasteiger partial charge in [0.1, 0.15) is 5.75 Å². The van der Waals surface area contributed by atoms with Crippen molar-refractivity contribution in [1.29, 1.82) is 0 Å². The van der Waals surface area contributed by atoms with Crippen molar-refractivity contribution in [2.24, 2.45) is 0 Å². The lowest BCUT2D eigenvalue weighted by atomic mass is 9.75. The summed E-state index contributed by atoms with van der Waals surface area (Å²) < 4.78 is 5.45. The summed E-state index contributed by atoms with van der Waals surface area (Å²) in [5, 5.41) is 13.4. The number of aliphatic hydroxyl groups is 1. The van der Waals surface area contributed by atoms with E-state index >= 15 is 0 Å². The van der Waals surface area contributed by atoms with Crippen LogP contribution in [0.15, 0.2) is 24.3 Å². The van der Waals surface area contributed by atoms with Gasteiger partial charge < -0.3 is 15.2 Å². The monoisotopic (exact) mass is 275 g/mol. The molecule has 2 aliphatic rings. The van der Waals surface area contributed by atoms with E-state index in [9.17, 15) is 5.11 Å². The Bertz CT molecular complexity index is 442. The van der Waals surface area contributed by atoms with Crippen molar-refractivity contribution >= 4 is 0 Å². The summed E-state index contributed by atoms with van der Waals surface area (Å²) in [6, 6.07) is 9.48. The topological polar surface area (TPSA) is 41.5 Å². The Morgan fingerprint density at radius 1 is 1.10 bits per heavy atom. The van der Waals surface area contributed by atoms with Crippen LogP contribution in [0.1, 0.15) is 50.0 Å². The fraction of sp³-hybridized carbons (Fsp3) is 0.647. The summed E-state index contributed by atoms with van der Waals surface area (Å²) in [5.41, 5.74) is 1.34. The highest BCUT2D eigenvalue weighted by atomic mass is 16.5. The maximum atomic E-state index is 9.72. The Kier molecular flexibility index (Phi) is 4.27. The van der Waals surface area contributed by atoms with Crippen molar-refractivity contribution in [3.63, 3.8) is 0 Å². The first-order valence-electron chi connectivity index (χ1n) is 7.83. The molecule has 3 heteroatoms. The van der Waals surface area contributed by atoms with Gasteiger partial charge in [0, 0.05) is 12.1 Å². The lowest BCUT2D eigenvalue weighted by Crippen LogP contribution is -2.47. The highest BCUT2D eigenvalue weighted by Gasteiger charge is 2.34. The van der Waals surface area contributed by atoms with Crippen molar-refractivity contribution in [3.05, 3.63) is 29.8 Å². The van der Waals surface area contributed by atoms with Crippen LogP contribution in [0.2, 0.25) is 0 Å². The lowest BCUT2D eigenvalue weighted by molar-refractivity contribution is 0.102.